The van der Waals surface area contributed by atoms with E-state index >= 15 is 0 Å². The Morgan fingerprint density at radius 2 is 1.37 bits per heavy atom. The van der Waals surface area contributed by atoms with Crippen molar-refractivity contribution in [1.29, 1.82) is 0 Å². The van der Waals surface area contributed by atoms with Gasteiger partial charge in [0.15, 0.2) is 12.4 Å². The summed E-state index contributed by atoms with van der Waals surface area (Å²) in [5.41, 5.74) is 1.84. The van der Waals surface area contributed by atoms with Gasteiger partial charge in [0.25, 0.3) is 17.7 Å². The second-order valence-corrected chi connectivity index (χ2v) is 9.71. The van der Waals surface area contributed by atoms with Crippen molar-refractivity contribution in [1.82, 2.24) is 4.90 Å². The number of nitrogens with one attached hydrogen (secondary N) is 1. The molecule has 204 valence electrons. The van der Waals surface area contributed by atoms with Crippen molar-refractivity contribution >= 4 is 46.8 Å². The van der Waals surface area contributed by atoms with E-state index in [0.29, 0.717) is 16.1 Å². The molecule has 0 bridgehead atoms. The highest BCUT2D eigenvalue weighted by atomic mass is 35.5. The molecule has 0 fully saturated rings. The summed E-state index contributed by atoms with van der Waals surface area (Å²) in [6, 6.07) is 26.8. The van der Waals surface area contributed by atoms with Crippen LogP contribution in [-0.2, 0) is 20.7 Å². The molecular weight excluding hydrogens is 544 g/mol. The Hall–Kier alpha value is -5.08. The van der Waals surface area contributed by atoms with E-state index < -0.39 is 36.3 Å². The van der Waals surface area contributed by atoms with Gasteiger partial charge in [0, 0.05) is 22.6 Å². The minimum absolute atomic E-state index is 0.000326. The fourth-order valence-corrected chi connectivity index (χ4v) is 4.76. The number of esters is 1. The maximum atomic E-state index is 13.3. The van der Waals surface area contributed by atoms with E-state index in [1.165, 1.54) is 30.3 Å². The quantitative estimate of drug-likeness (QED) is 0.174. The molecule has 1 heterocycles. The van der Waals surface area contributed by atoms with Gasteiger partial charge < -0.3 is 10.1 Å². The Bertz CT molecular complexity index is 1620. The van der Waals surface area contributed by atoms with Crippen molar-refractivity contribution in [3.05, 3.63) is 136 Å². The first-order chi connectivity index (χ1) is 19.8. The number of benzene rings is 4. The first-order valence-electron chi connectivity index (χ1n) is 12.7. The molecule has 0 radical (unpaired) electrons. The lowest BCUT2D eigenvalue weighted by atomic mass is 10.0. The van der Waals surface area contributed by atoms with Crippen molar-refractivity contribution in [2.45, 2.75) is 12.5 Å². The van der Waals surface area contributed by atoms with Crippen LogP contribution >= 0.6 is 11.6 Å². The van der Waals surface area contributed by atoms with Gasteiger partial charge in [-0.1, -0.05) is 84.4 Å². The smallest absolute Gasteiger partial charge is 0.330 e. The molecule has 0 spiro atoms. The molecule has 5 rings (SSSR count). The summed E-state index contributed by atoms with van der Waals surface area (Å²) in [7, 11) is 0. The summed E-state index contributed by atoms with van der Waals surface area (Å²) in [5.74, 6) is -3.22. The lowest BCUT2D eigenvalue weighted by molar-refractivity contribution is -0.151. The Morgan fingerprint density at radius 3 is 2.00 bits per heavy atom. The molecule has 41 heavy (non-hydrogen) atoms. The molecule has 4 aromatic rings. The fourth-order valence-electron chi connectivity index (χ4n) is 4.59. The van der Waals surface area contributed by atoms with Crippen molar-refractivity contribution < 1.29 is 28.7 Å². The normalized spacial score (nSPS) is 13.0. The molecule has 0 aliphatic carbocycles. The Labute approximate surface area is 240 Å². The molecule has 1 aliphatic heterocycles. The number of ether oxygens (including phenoxy) is 1. The van der Waals surface area contributed by atoms with Crippen LogP contribution in [0.2, 0.25) is 5.02 Å². The zero-order valence-electron chi connectivity index (χ0n) is 21.6. The number of hydrogen-bond donors (Lipinski definition) is 1. The molecule has 3 amide bonds. The van der Waals surface area contributed by atoms with E-state index in [4.69, 9.17) is 16.3 Å². The molecule has 4 aromatic carbocycles. The van der Waals surface area contributed by atoms with Gasteiger partial charge in [-0.2, -0.15) is 0 Å². The summed E-state index contributed by atoms with van der Waals surface area (Å²) in [4.78, 5) is 66.4. The minimum Gasteiger partial charge on any atom is -0.454 e. The van der Waals surface area contributed by atoms with Crippen LogP contribution in [0.25, 0.3) is 0 Å². The molecule has 0 saturated carbocycles. The third-order valence-electron chi connectivity index (χ3n) is 6.56. The number of imide groups is 1. The highest BCUT2D eigenvalue weighted by Gasteiger charge is 2.43. The van der Waals surface area contributed by atoms with Crippen LogP contribution in [0.15, 0.2) is 103 Å². The first-order valence-corrected chi connectivity index (χ1v) is 13.1. The van der Waals surface area contributed by atoms with E-state index in [9.17, 15) is 24.0 Å². The first kappa shape index (κ1) is 27.5. The highest BCUT2D eigenvalue weighted by molar-refractivity contribution is 6.31. The second-order valence-electron chi connectivity index (χ2n) is 9.27. The summed E-state index contributed by atoms with van der Waals surface area (Å²) in [6.45, 7) is -0.713. The van der Waals surface area contributed by atoms with Crippen LogP contribution in [0.4, 0.5) is 5.69 Å². The van der Waals surface area contributed by atoms with E-state index in [1.54, 1.807) is 72.8 Å². The lowest BCUT2D eigenvalue weighted by Crippen LogP contribution is -2.47. The summed E-state index contributed by atoms with van der Waals surface area (Å²) < 4.78 is 5.32. The third-order valence-corrected chi connectivity index (χ3v) is 6.80. The zero-order chi connectivity index (χ0) is 28.9. The van der Waals surface area contributed by atoms with Gasteiger partial charge in [0.05, 0.1) is 16.8 Å². The average molecular weight is 567 g/mol. The van der Waals surface area contributed by atoms with Gasteiger partial charge in [-0.15, -0.1) is 0 Å². The molecular formula is C32H23ClN2O6. The van der Waals surface area contributed by atoms with Crippen LogP contribution in [0, 0.1) is 0 Å². The molecule has 9 heteroatoms. The van der Waals surface area contributed by atoms with Gasteiger partial charge in [-0.3, -0.25) is 24.1 Å². The molecule has 0 aromatic heterocycles. The molecule has 1 unspecified atom stereocenters. The number of carbonyl (C=O) groups is 5. The predicted molar refractivity (Wildman–Crippen MR) is 152 cm³/mol. The van der Waals surface area contributed by atoms with Crippen molar-refractivity contribution in [3.8, 4) is 0 Å². The fraction of sp³-hybridized carbons (Fsp3) is 0.0938. The predicted octanol–water partition coefficient (Wildman–Crippen LogP) is 4.96. The van der Waals surface area contributed by atoms with Crippen molar-refractivity contribution in [2.24, 2.45) is 0 Å². The summed E-state index contributed by atoms with van der Waals surface area (Å²) >= 11 is 6.11. The number of anilines is 1. The number of halogens is 1. The number of nitrogens with zero attached hydrogens (tertiary/aromatic N) is 1. The molecule has 1 N–H and O–H groups in total. The van der Waals surface area contributed by atoms with E-state index in [1.807, 2.05) is 0 Å². The third kappa shape index (κ3) is 5.92. The van der Waals surface area contributed by atoms with E-state index in [0.717, 1.165) is 4.90 Å². The SMILES string of the molecule is O=C(COC(=O)C(Cc1ccccc1)N1C(=O)c2ccccc2C1=O)Nc1ccc(Cl)cc1C(=O)c1ccccc1. The van der Waals surface area contributed by atoms with Crippen molar-refractivity contribution in [2.75, 3.05) is 11.9 Å². The van der Waals surface area contributed by atoms with Gasteiger partial charge in [0.1, 0.15) is 6.04 Å². The molecule has 0 saturated heterocycles. The number of hydrogen-bond acceptors (Lipinski definition) is 6. The number of fused-ring (bicyclic) bond motifs is 1. The number of rotatable bonds is 9. The summed E-state index contributed by atoms with van der Waals surface area (Å²) in [5, 5.41) is 2.89. The van der Waals surface area contributed by atoms with E-state index in [2.05, 4.69) is 5.32 Å². The number of carbonyl (C=O) groups excluding carboxylic acids is 5. The standard InChI is InChI=1S/C32H23ClN2O6/c33-22-15-16-26(25(18-22)29(37)21-11-5-2-6-12-21)34-28(36)19-41-32(40)27(17-20-9-3-1-4-10-20)35-30(38)23-13-7-8-14-24(23)31(35)39/h1-16,18,27H,17,19H2,(H,34,36). The molecule has 1 atom stereocenters. The maximum absolute atomic E-state index is 13.3. The van der Waals surface area contributed by atoms with Gasteiger partial charge in [-0.05, 0) is 35.9 Å². The van der Waals surface area contributed by atoms with Crippen LogP contribution in [0.3, 0.4) is 0 Å². The lowest BCUT2D eigenvalue weighted by Gasteiger charge is -2.24. The average Bonchev–Trinajstić information content (AvgIpc) is 3.25. The molecule has 8 nitrogen and oxygen atoms in total. The monoisotopic (exact) mass is 566 g/mol. The minimum atomic E-state index is -1.30. The maximum Gasteiger partial charge on any atom is 0.330 e. The van der Waals surface area contributed by atoms with Crippen LogP contribution < -0.4 is 5.32 Å². The number of amides is 3. The highest BCUT2D eigenvalue weighted by Crippen LogP contribution is 2.27. The van der Waals surface area contributed by atoms with Crippen LogP contribution in [0.5, 0.6) is 0 Å². The number of ketones is 1. The Balaban J connectivity index is 1.33. The van der Waals surface area contributed by atoms with Gasteiger partial charge in [-0.25, -0.2) is 4.79 Å². The topological polar surface area (TPSA) is 110 Å². The molecule has 1 aliphatic rings. The second kappa shape index (κ2) is 12.0. The Morgan fingerprint density at radius 1 is 0.780 bits per heavy atom. The van der Waals surface area contributed by atoms with Gasteiger partial charge in [0.2, 0.25) is 0 Å². The zero-order valence-corrected chi connectivity index (χ0v) is 22.3. The van der Waals surface area contributed by atoms with Crippen LogP contribution in [0.1, 0.15) is 42.2 Å². The van der Waals surface area contributed by atoms with Gasteiger partial charge >= 0.3 is 5.97 Å². The van der Waals surface area contributed by atoms with E-state index in [-0.39, 0.29) is 34.6 Å². The van der Waals surface area contributed by atoms with Crippen LogP contribution in [-0.4, -0.2) is 47.0 Å². The van der Waals surface area contributed by atoms with Crippen molar-refractivity contribution in [3.63, 3.8) is 0 Å². The summed E-state index contributed by atoms with van der Waals surface area (Å²) in [6.07, 6.45) is -0.000326. The largest absolute Gasteiger partial charge is 0.454 e. The Kier molecular flexibility index (Phi) is 8.03.